The van der Waals surface area contributed by atoms with Gasteiger partial charge in [0.05, 0.1) is 12.2 Å². The van der Waals surface area contributed by atoms with Crippen LogP contribution in [0.1, 0.15) is 57.1 Å². The van der Waals surface area contributed by atoms with Gasteiger partial charge in [-0.15, -0.1) is 0 Å². The first-order valence-electron chi connectivity index (χ1n) is 11.2. The van der Waals surface area contributed by atoms with E-state index in [1.165, 1.54) is 5.56 Å². The molecule has 0 N–H and O–H groups in total. The van der Waals surface area contributed by atoms with Gasteiger partial charge in [-0.3, -0.25) is 0 Å². The van der Waals surface area contributed by atoms with Gasteiger partial charge in [0.25, 0.3) is 0 Å². The standard InChI is InChI=1S/C26H33NO4/c1-25(2,3)31-24(28)27-14-12-26(13-15-27)17-22(19-30-26)21-10-7-11-23(16-21)29-18-20-8-5-4-6-9-20/h4-11,16,22H,12-15,17-19H2,1-3H3. The van der Waals surface area contributed by atoms with Crippen LogP contribution in [0, 0.1) is 0 Å². The molecule has 0 bridgehead atoms. The average molecular weight is 424 g/mol. The lowest BCUT2D eigenvalue weighted by Gasteiger charge is -2.39. The van der Waals surface area contributed by atoms with Gasteiger partial charge < -0.3 is 19.1 Å². The SMILES string of the molecule is CC(C)(C)OC(=O)N1CCC2(CC1)CC(c1cccc(OCc3ccccc3)c1)CO2. The Bertz CT molecular complexity index is 882. The minimum absolute atomic E-state index is 0.135. The summed E-state index contributed by atoms with van der Waals surface area (Å²) in [5, 5.41) is 0. The summed E-state index contributed by atoms with van der Waals surface area (Å²) in [4.78, 5) is 14.2. The number of benzene rings is 2. The van der Waals surface area contributed by atoms with Crippen LogP contribution in [0.4, 0.5) is 4.79 Å². The third-order valence-corrected chi connectivity index (χ3v) is 6.11. The smallest absolute Gasteiger partial charge is 0.410 e. The molecule has 166 valence electrons. The van der Waals surface area contributed by atoms with Crippen LogP contribution in [0.2, 0.25) is 0 Å². The normalized spacial score (nSPS) is 20.6. The van der Waals surface area contributed by atoms with E-state index in [0.29, 0.717) is 32.2 Å². The Kier molecular flexibility index (Phi) is 6.24. The Morgan fingerprint density at radius 2 is 1.84 bits per heavy atom. The minimum atomic E-state index is -0.464. The summed E-state index contributed by atoms with van der Waals surface area (Å²) in [5.74, 6) is 1.25. The average Bonchev–Trinajstić information content (AvgIpc) is 3.16. The van der Waals surface area contributed by atoms with E-state index < -0.39 is 5.60 Å². The maximum absolute atomic E-state index is 12.4. The quantitative estimate of drug-likeness (QED) is 0.648. The second-order valence-corrected chi connectivity index (χ2v) is 9.71. The van der Waals surface area contributed by atoms with Crippen LogP contribution in [0.5, 0.6) is 5.75 Å². The van der Waals surface area contributed by atoms with Crippen molar-refractivity contribution in [2.75, 3.05) is 19.7 Å². The van der Waals surface area contributed by atoms with Crippen molar-refractivity contribution in [1.29, 1.82) is 0 Å². The molecule has 5 heteroatoms. The van der Waals surface area contributed by atoms with Gasteiger partial charge in [0.2, 0.25) is 0 Å². The molecule has 0 aromatic heterocycles. The summed E-state index contributed by atoms with van der Waals surface area (Å²) >= 11 is 0. The van der Waals surface area contributed by atoms with E-state index in [0.717, 1.165) is 30.6 Å². The van der Waals surface area contributed by atoms with Gasteiger partial charge in [-0.05, 0) is 63.3 Å². The van der Waals surface area contributed by atoms with E-state index in [4.69, 9.17) is 14.2 Å². The highest BCUT2D eigenvalue weighted by atomic mass is 16.6. The van der Waals surface area contributed by atoms with Crippen molar-refractivity contribution in [2.45, 2.75) is 63.8 Å². The first-order valence-corrected chi connectivity index (χ1v) is 11.2. The van der Waals surface area contributed by atoms with E-state index in [1.54, 1.807) is 0 Å². The fourth-order valence-corrected chi connectivity index (χ4v) is 4.43. The third-order valence-electron chi connectivity index (χ3n) is 6.11. The lowest BCUT2D eigenvalue weighted by molar-refractivity contribution is -0.0485. The van der Waals surface area contributed by atoms with Crippen LogP contribution < -0.4 is 4.74 Å². The number of hydrogen-bond acceptors (Lipinski definition) is 4. The molecule has 5 nitrogen and oxygen atoms in total. The van der Waals surface area contributed by atoms with E-state index in [1.807, 2.05) is 49.9 Å². The van der Waals surface area contributed by atoms with Crippen molar-refractivity contribution in [3.63, 3.8) is 0 Å². The lowest BCUT2D eigenvalue weighted by atomic mass is 9.83. The summed E-state index contributed by atoms with van der Waals surface area (Å²) in [5.41, 5.74) is 1.82. The van der Waals surface area contributed by atoms with E-state index >= 15 is 0 Å². The van der Waals surface area contributed by atoms with Crippen molar-refractivity contribution in [2.24, 2.45) is 0 Å². The fraction of sp³-hybridized carbons (Fsp3) is 0.500. The Morgan fingerprint density at radius 1 is 1.10 bits per heavy atom. The zero-order valence-corrected chi connectivity index (χ0v) is 18.8. The van der Waals surface area contributed by atoms with E-state index in [-0.39, 0.29) is 11.7 Å². The van der Waals surface area contributed by atoms with Crippen LogP contribution in [0.15, 0.2) is 54.6 Å². The molecule has 4 rings (SSSR count). The molecule has 31 heavy (non-hydrogen) atoms. The predicted octanol–water partition coefficient (Wildman–Crippen LogP) is 5.54. The molecule has 2 saturated heterocycles. The zero-order chi connectivity index (χ0) is 21.9. The zero-order valence-electron chi connectivity index (χ0n) is 18.8. The maximum atomic E-state index is 12.4. The summed E-state index contributed by atoms with van der Waals surface area (Å²) in [6.07, 6.45) is 2.47. The van der Waals surface area contributed by atoms with Gasteiger partial charge in [0.1, 0.15) is 18.0 Å². The first-order chi connectivity index (χ1) is 14.8. The molecule has 2 aliphatic rings. The Hall–Kier alpha value is -2.53. The van der Waals surface area contributed by atoms with Gasteiger partial charge in [-0.25, -0.2) is 4.79 Å². The predicted molar refractivity (Wildman–Crippen MR) is 120 cm³/mol. The largest absolute Gasteiger partial charge is 0.489 e. The highest BCUT2D eigenvalue weighted by Crippen LogP contribution is 2.43. The number of ether oxygens (including phenoxy) is 3. The molecule has 2 fully saturated rings. The molecule has 2 aromatic carbocycles. The topological polar surface area (TPSA) is 48.0 Å². The Morgan fingerprint density at radius 3 is 2.55 bits per heavy atom. The summed E-state index contributed by atoms with van der Waals surface area (Å²) in [7, 11) is 0. The molecule has 0 radical (unpaired) electrons. The number of hydrogen-bond donors (Lipinski definition) is 0. The fourth-order valence-electron chi connectivity index (χ4n) is 4.43. The van der Waals surface area contributed by atoms with Crippen LogP contribution in [-0.2, 0) is 16.1 Å². The van der Waals surface area contributed by atoms with Gasteiger partial charge in [-0.2, -0.15) is 0 Å². The maximum Gasteiger partial charge on any atom is 0.410 e. The second kappa shape index (κ2) is 8.91. The molecule has 2 heterocycles. The van der Waals surface area contributed by atoms with Crippen LogP contribution in [0.25, 0.3) is 0 Å². The number of nitrogens with zero attached hydrogens (tertiary/aromatic N) is 1. The number of carbonyl (C=O) groups is 1. The lowest BCUT2D eigenvalue weighted by Crippen LogP contribution is -2.47. The van der Waals surface area contributed by atoms with Crippen LogP contribution in [-0.4, -0.2) is 41.9 Å². The summed E-state index contributed by atoms with van der Waals surface area (Å²) in [6.45, 7) is 8.35. The molecular weight excluding hydrogens is 390 g/mol. The van der Waals surface area contributed by atoms with Crippen LogP contribution in [0.3, 0.4) is 0 Å². The van der Waals surface area contributed by atoms with Crippen molar-refractivity contribution < 1.29 is 19.0 Å². The molecule has 2 aromatic rings. The molecule has 1 unspecified atom stereocenters. The highest BCUT2D eigenvalue weighted by molar-refractivity contribution is 5.68. The van der Waals surface area contributed by atoms with Crippen molar-refractivity contribution >= 4 is 6.09 Å². The van der Waals surface area contributed by atoms with Gasteiger partial charge in [0, 0.05) is 19.0 Å². The van der Waals surface area contributed by atoms with Gasteiger partial charge >= 0.3 is 6.09 Å². The minimum Gasteiger partial charge on any atom is -0.489 e. The van der Waals surface area contributed by atoms with E-state index in [2.05, 4.69) is 30.3 Å². The Balaban J connectivity index is 1.32. The molecular formula is C26H33NO4. The third kappa shape index (κ3) is 5.59. The molecule has 1 atom stereocenters. The second-order valence-electron chi connectivity index (χ2n) is 9.71. The number of piperidine rings is 1. The number of likely N-dealkylation sites (tertiary alicyclic amines) is 1. The highest BCUT2D eigenvalue weighted by Gasteiger charge is 2.44. The number of carbonyl (C=O) groups excluding carboxylic acids is 1. The number of rotatable bonds is 4. The molecule has 2 aliphatic heterocycles. The van der Waals surface area contributed by atoms with Crippen molar-refractivity contribution in [3.05, 3.63) is 65.7 Å². The molecule has 1 spiro atoms. The van der Waals surface area contributed by atoms with Crippen LogP contribution >= 0.6 is 0 Å². The van der Waals surface area contributed by atoms with Crippen molar-refractivity contribution in [3.8, 4) is 5.75 Å². The summed E-state index contributed by atoms with van der Waals surface area (Å²) < 4.78 is 17.9. The molecule has 0 aliphatic carbocycles. The monoisotopic (exact) mass is 423 g/mol. The molecule has 1 amide bonds. The van der Waals surface area contributed by atoms with Gasteiger partial charge in [-0.1, -0.05) is 42.5 Å². The van der Waals surface area contributed by atoms with Crippen molar-refractivity contribution in [1.82, 2.24) is 4.90 Å². The van der Waals surface area contributed by atoms with E-state index in [9.17, 15) is 4.79 Å². The first kappa shape index (κ1) is 21.7. The molecule has 0 saturated carbocycles. The Labute approximate surface area is 185 Å². The van der Waals surface area contributed by atoms with Gasteiger partial charge in [0.15, 0.2) is 0 Å². The number of amides is 1. The summed E-state index contributed by atoms with van der Waals surface area (Å²) in [6, 6.07) is 18.6.